The van der Waals surface area contributed by atoms with Gasteiger partial charge in [-0.05, 0) is 36.6 Å². The van der Waals surface area contributed by atoms with Crippen LogP contribution in [0.4, 0.5) is 4.39 Å². The van der Waals surface area contributed by atoms with Crippen LogP contribution in [0.3, 0.4) is 0 Å². The summed E-state index contributed by atoms with van der Waals surface area (Å²) in [4.78, 5) is 17.9. The van der Waals surface area contributed by atoms with Crippen molar-refractivity contribution in [2.45, 2.75) is 12.8 Å². The van der Waals surface area contributed by atoms with Crippen LogP contribution in [0.25, 0.3) is 11.1 Å². The van der Waals surface area contributed by atoms with Gasteiger partial charge in [0, 0.05) is 37.0 Å². The molecule has 1 fully saturated rings. The molecule has 5 nitrogen and oxygen atoms in total. The van der Waals surface area contributed by atoms with E-state index in [1.54, 1.807) is 29.3 Å². The van der Waals surface area contributed by atoms with Gasteiger partial charge in [-0.25, -0.2) is 9.37 Å². The minimum atomic E-state index is -0.424. The van der Waals surface area contributed by atoms with Crippen LogP contribution in [0, 0.1) is 5.82 Å². The van der Waals surface area contributed by atoms with Gasteiger partial charge in [0.15, 0.2) is 6.61 Å². The number of methoxy groups -OCH3 is 1. The number of ether oxygens (including phenoxy) is 2. The quantitative estimate of drug-likeness (QED) is 0.846. The number of benzene rings is 1. The van der Waals surface area contributed by atoms with Crippen molar-refractivity contribution in [2.75, 3.05) is 26.8 Å². The molecule has 1 aromatic carbocycles. The number of hydrogen-bond donors (Lipinski definition) is 0. The smallest absolute Gasteiger partial charge is 0.260 e. The van der Waals surface area contributed by atoms with Gasteiger partial charge >= 0.3 is 0 Å². The van der Waals surface area contributed by atoms with Gasteiger partial charge < -0.3 is 14.4 Å². The molecule has 0 spiro atoms. The van der Waals surface area contributed by atoms with Crippen molar-refractivity contribution >= 4 is 5.91 Å². The lowest BCUT2D eigenvalue weighted by molar-refractivity contribution is -0.132. The first-order valence-electron chi connectivity index (χ1n) is 7.87. The molecule has 1 aromatic heterocycles. The number of likely N-dealkylation sites (tertiary alicyclic amines) is 1. The second-order valence-corrected chi connectivity index (χ2v) is 5.64. The van der Waals surface area contributed by atoms with E-state index in [0.717, 1.165) is 31.5 Å². The first kappa shape index (κ1) is 16.2. The molecular formula is C18H19FN2O3. The maximum atomic E-state index is 13.9. The third kappa shape index (κ3) is 3.82. The van der Waals surface area contributed by atoms with Crippen molar-refractivity contribution in [2.24, 2.45) is 0 Å². The largest absolute Gasteiger partial charge is 0.484 e. The van der Waals surface area contributed by atoms with E-state index in [2.05, 4.69) is 4.98 Å². The van der Waals surface area contributed by atoms with Gasteiger partial charge in [-0.1, -0.05) is 0 Å². The molecule has 0 atom stereocenters. The number of pyridine rings is 1. The normalized spacial score (nSPS) is 13.8. The Hall–Kier alpha value is -2.63. The van der Waals surface area contributed by atoms with Crippen LogP contribution >= 0.6 is 0 Å². The van der Waals surface area contributed by atoms with Crippen molar-refractivity contribution < 1.29 is 18.7 Å². The van der Waals surface area contributed by atoms with Crippen LogP contribution in [0.2, 0.25) is 0 Å². The zero-order valence-electron chi connectivity index (χ0n) is 13.5. The van der Waals surface area contributed by atoms with Crippen molar-refractivity contribution in [3.8, 4) is 22.8 Å². The fourth-order valence-corrected chi connectivity index (χ4v) is 2.69. The van der Waals surface area contributed by atoms with Crippen LogP contribution in [0.5, 0.6) is 11.6 Å². The second kappa shape index (κ2) is 7.29. The number of aromatic nitrogens is 1. The SMILES string of the molecule is COc1ccc(-c2cc(F)cc(OCC(=O)N3CCCC3)c2)cn1. The number of carbonyl (C=O) groups is 1. The van der Waals surface area contributed by atoms with Gasteiger partial charge in [-0.2, -0.15) is 0 Å². The Morgan fingerprint density at radius 2 is 2.00 bits per heavy atom. The van der Waals surface area contributed by atoms with Crippen molar-refractivity contribution in [3.05, 3.63) is 42.3 Å². The zero-order valence-corrected chi connectivity index (χ0v) is 13.5. The predicted molar refractivity (Wildman–Crippen MR) is 87.5 cm³/mol. The van der Waals surface area contributed by atoms with Crippen LogP contribution in [0.15, 0.2) is 36.5 Å². The molecular weight excluding hydrogens is 311 g/mol. The monoisotopic (exact) mass is 330 g/mol. The Balaban J connectivity index is 1.72. The molecule has 0 radical (unpaired) electrons. The highest BCUT2D eigenvalue weighted by molar-refractivity contribution is 5.78. The molecule has 0 bridgehead atoms. The van der Waals surface area contributed by atoms with Crippen LogP contribution in [-0.2, 0) is 4.79 Å². The summed E-state index contributed by atoms with van der Waals surface area (Å²) in [7, 11) is 1.54. The first-order chi connectivity index (χ1) is 11.7. The van der Waals surface area contributed by atoms with Gasteiger partial charge in [0.2, 0.25) is 5.88 Å². The van der Waals surface area contributed by atoms with Crippen LogP contribution < -0.4 is 9.47 Å². The number of carbonyl (C=O) groups excluding carboxylic acids is 1. The average molecular weight is 330 g/mol. The van der Waals surface area contributed by atoms with E-state index in [1.165, 1.54) is 19.2 Å². The Morgan fingerprint density at radius 1 is 1.21 bits per heavy atom. The molecule has 0 saturated carbocycles. The minimum Gasteiger partial charge on any atom is -0.484 e. The molecule has 0 unspecified atom stereocenters. The zero-order chi connectivity index (χ0) is 16.9. The summed E-state index contributed by atoms with van der Waals surface area (Å²) in [6, 6.07) is 7.87. The molecule has 24 heavy (non-hydrogen) atoms. The summed E-state index contributed by atoms with van der Waals surface area (Å²) in [5, 5.41) is 0. The van der Waals surface area contributed by atoms with Crippen molar-refractivity contribution in [3.63, 3.8) is 0 Å². The summed E-state index contributed by atoms with van der Waals surface area (Å²) in [5.41, 5.74) is 1.37. The molecule has 2 heterocycles. The third-order valence-electron chi connectivity index (χ3n) is 3.97. The van der Waals surface area contributed by atoms with E-state index >= 15 is 0 Å². The summed E-state index contributed by atoms with van der Waals surface area (Å²) in [6.07, 6.45) is 3.66. The van der Waals surface area contributed by atoms with E-state index in [0.29, 0.717) is 17.2 Å². The van der Waals surface area contributed by atoms with E-state index in [-0.39, 0.29) is 12.5 Å². The Labute approximate surface area is 140 Å². The topological polar surface area (TPSA) is 51.7 Å². The lowest BCUT2D eigenvalue weighted by atomic mass is 10.1. The molecule has 126 valence electrons. The summed E-state index contributed by atoms with van der Waals surface area (Å²) < 4.78 is 24.4. The first-order valence-corrected chi connectivity index (χ1v) is 7.87. The molecule has 1 saturated heterocycles. The van der Waals surface area contributed by atoms with E-state index in [1.807, 2.05) is 0 Å². The van der Waals surface area contributed by atoms with Gasteiger partial charge in [0.1, 0.15) is 11.6 Å². The van der Waals surface area contributed by atoms with Crippen molar-refractivity contribution in [1.82, 2.24) is 9.88 Å². The number of halogens is 1. The van der Waals surface area contributed by atoms with Gasteiger partial charge in [-0.15, -0.1) is 0 Å². The summed E-state index contributed by atoms with van der Waals surface area (Å²) >= 11 is 0. The van der Waals surface area contributed by atoms with Crippen molar-refractivity contribution in [1.29, 1.82) is 0 Å². The highest BCUT2D eigenvalue weighted by Gasteiger charge is 2.18. The third-order valence-corrected chi connectivity index (χ3v) is 3.97. The lowest BCUT2D eigenvalue weighted by Crippen LogP contribution is -2.32. The fourth-order valence-electron chi connectivity index (χ4n) is 2.69. The van der Waals surface area contributed by atoms with Crippen LogP contribution in [-0.4, -0.2) is 42.6 Å². The number of amides is 1. The van der Waals surface area contributed by atoms with E-state index < -0.39 is 5.82 Å². The Morgan fingerprint density at radius 3 is 2.67 bits per heavy atom. The number of nitrogens with zero attached hydrogens (tertiary/aromatic N) is 2. The fraction of sp³-hybridized carbons (Fsp3) is 0.333. The maximum absolute atomic E-state index is 13.9. The standard InChI is InChI=1S/C18H19FN2O3/c1-23-17-5-4-13(11-20-17)14-8-15(19)10-16(9-14)24-12-18(22)21-6-2-3-7-21/h4-5,8-11H,2-3,6-7,12H2,1H3. The summed E-state index contributed by atoms with van der Waals surface area (Å²) in [6.45, 7) is 1.46. The molecule has 0 aliphatic carbocycles. The highest BCUT2D eigenvalue weighted by atomic mass is 19.1. The molecule has 0 N–H and O–H groups in total. The average Bonchev–Trinajstić information content (AvgIpc) is 3.14. The number of rotatable bonds is 5. The molecule has 1 aliphatic rings. The van der Waals surface area contributed by atoms with Gasteiger partial charge in [-0.3, -0.25) is 4.79 Å². The molecule has 1 amide bonds. The minimum absolute atomic E-state index is 0.0653. The van der Waals surface area contributed by atoms with E-state index in [4.69, 9.17) is 9.47 Å². The summed E-state index contributed by atoms with van der Waals surface area (Å²) in [5.74, 6) is 0.326. The highest BCUT2D eigenvalue weighted by Crippen LogP contribution is 2.26. The Kier molecular flexibility index (Phi) is 4.93. The van der Waals surface area contributed by atoms with Crippen LogP contribution in [0.1, 0.15) is 12.8 Å². The Bertz CT molecular complexity index is 713. The van der Waals surface area contributed by atoms with E-state index in [9.17, 15) is 9.18 Å². The molecule has 2 aromatic rings. The predicted octanol–water partition coefficient (Wildman–Crippen LogP) is 2.90. The molecule has 3 rings (SSSR count). The van der Waals surface area contributed by atoms with Gasteiger partial charge in [0.25, 0.3) is 5.91 Å². The molecule has 1 aliphatic heterocycles. The van der Waals surface area contributed by atoms with Gasteiger partial charge in [0.05, 0.1) is 7.11 Å². The maximum Gasteiger partial charge on any atom is 0.260 e. The molecule has 6 heteroatoms. The number of hydrogen-bond acceptors (Lipinski definition) is 4. The lowest BCUT2D eigenvalue weighted by Gasteiger charge is -2.16. The second-order valence-electron chi connectivity index (χ2n) is 5.64.